The highest BCUT2D eigenvalue weighted by atomic mass is 35.5. The first-order valence-electron chi connectivity index (χ1n) is 4.17. The molecular weight excluding hydrogens is 204 g/mol. The maximum Gasteiger partial charge on any atom is 0.329 e. The number of ether oxygens (including phenoxy) is 1. The third kappa shape index (κ3) is 9.03. The molecule has 0 fully saturated rings. The number of hydrogen-bond acceptors (Lipinski definition) is 2. The molecule has 78 valence electrons. The molecule has 0 unspecified atom stereocenters. The van der Waals surface area contributed by atoms with E-state index in [-0.39, 0.29) is 6.61 Å². The van der Waals surface area contributed by atoms with E-state index in [1.54, 1.807) is 6.92 Å². The van der Waals surface area contributed by atoms with Gasteiger partial charge in [-0.25, -0.2) is 4.79 Å². The average Bonchev–Trinajstić information content (AvgIpc) is 2.17. The van der Waals surface area contributed by atoms with Crippen LogP contribution >= 0.6 is 11.6 Å². The average molecular weight is 217 g/mol. The zero-order chi connectivity index (χ0) is 10.8. The fraction of sp³-hybridized carbons (Fsp3) is 0.300. The zero-order valence-corrected chi connectivity index (χ0v) is 8.70. The van der Waals surface area contributed by atoms with Gasteiger partial charge in [-0.05, 0) is 19.1 Å². The summed E-state index contributed by atoms with van der Waals surface area (Å²) in [5, 5.41) is 8.71. The van der Waals surface area contributed by atoms with Crippen molar-refractivity contribution in [3.05, 3.63) is 35.4 Å². The molecular formula is C10H13ClO3. The van der Waals surface area contributed by atoms with Crippen molar-refractivity contribution >= 4 is 17.6 Å². The van der Waals surface area contributed by atoms with Gasteiger partial charge < -0.3 is 9.84 Å². The minimum atomic E-state index is -0.915. The molecule has 3 nitrogen and oxygen atoms in total. The molecule has 0 radical (unpaired) electrons. The molecule has 0 amide bonds. The number of halogens is 1. The Bertz CT molecular complexity index is 249. The number of carbonyl (C=O) groups is 1. The van der Waals surface area contributed by atoms with Gasteiger partial charge in [0.2, 0.25) is 0 Å². The summed E-state index contributed by atoms with van der Waals surface area (Å²) in [5.41, 5.74) is 0. The normalized spacial score (nSPS) is 8.71. The summed E-state index contributed by atoms with van der Waals surface area (Å²) in [6.45, 7) is 2.03. The van der Waals surface area contributed by atoms with Gasteiger partial charge in [0.1, 0.15) is 6.61 Å². The lowest BCUT2D eigenvalue weighted by Gasteiger charge is -1.90. The zero-order valence-electron chi connectivity index (χ0n) is 7.94. The molecule has 1 aromatic rings. The Kier molecular flexibility index (Phi) is 7.89. The highest BCUT2D eigenvalue weighted by molar-refractivity contribution is 6.30. The molecule has 4 heteroatoms. The molecule has 0 aliphatic carbocycles. The van der Waals surface area contributed by atoms with Gasteiger partial charge in [0.25, 0.3) is 0 Å². The number of carboxylic acid groups (broad SMARTS) is 1. The Morgan fingerprint density at radius 3 is 2.21 bits per heavy atom. The van der Waals surface area contributed by atoms with Gasteiger partial charge in [-0.2, -0.15) is 0 Å². The quantitative estimate of drug-likeness (QED) is 0.844. The molecule has 0 bridgehead atoms. The third-order valence-electron chi connectivity index (χ3n) is 1.16. The van der Waals surface area contributed by atoms with E-state index in [1.165, 1.54) is 0 Å². The molecule has 0 atom stereocenters. The van der Waals surface area contributed by atoms with Crippen molar-refractivity contribution in [3.63, 3.8) is 0 Å². The minimum Gasteiger partial charge on any atom is -0.480 e. The summed E-state index contributed by atoms with van der Waals surface area (Å²) < 4.78 is 4.50. The van der Waals surface area contributed by atoms with Crippen molar-refractivity contribution in [2.24, 2.45) is 0 Å². The smallest absolute Gasteiger partial charge is 0.329 e. The van der Waals surface area contributed by atoms with Crippen LogP contribution in [0.4, 0.5) is 0 Å². The van der Waals surface area contributed by atoms with E-state index in [0.717, 1.165) is 5.02 Å². The van der Waals surface area contributed by atoms with Crippen LogP contribution in [0.25, 0.3) is 0 Å². The third-order valence-corrected chi connectivity index (χ3v) is 1.41. The molecule has 0 aromatic heterocycles. The van der Waals surface area contributed by atoms with Crippen molar-refractivity contribution in [2.75, 3.05) is 13.2 Å². The fourth-order valence-corrected chi connectivity index (χ4v) is 0.750. The summed E-state index contributed by atoms with van der Waals surface area (Å²) >= 11 is 5.54. The first kappa shape index (κ1) is 12.9. The summed E-state index contributed by atoms with van der Waals surface area (Å²) in [6, 6.07) is 9.44. The van der Waals surface area contributed by atoms with E-state index in [1.807, 2.05) is 30.3 Å². The topological polar surface area (TPSA) is 46.5 Å². The van der Waals surface area contributed by atoms with Crippen LogP contribution in [0.15, 0.2) is 30.3 Å². The van der Waals surface area contributed by atoms with Crippen LogP contribution in [0.2, 0.25) is 5.02 Å². The number of benzene rings is 1. The van der Waals surface area contributed by atoms with E-state index in [4.69, 9.17) is 16.7 Å². The van der Waals surface area contributed by atoms with Crippen LogP contribution in [-0.2, 0) is 9.53 Å². The van der Waals surface area contributed by atoms with Crippen LogP contribution in [0.1, 0.15) is 6.92 Å². The molecule has 0 aliphatic rings. The van der Waals surface area contributed by atoms with Crippen molar-refractivity contribution in [1.29, 1.82) is 0 Å². The van der Waals surface area contributed by atoms with Crippen LogP contribution in [0.3, 0.4) is 0 Å². The van der Waals surface area contributed by atoms with Gasteiger partial charge in [0, 0.05) is 11.6 Å². The predicted molar refractivity (Wildman–Crippen MR) is 55.6 cm³/mol. The second kappa shape index (κ2) is 8.53. The van der Waals surface area contributed by atoms with Crippen LogP contribution in [-0.4, -0.2) is 24.3 Å². The molecule has 0 heterocycles. The lowest BCUT2D eigenvalue weighted by molar-refractivity contribution is -0.142. The molecule has 1 aromatic carbocycles. The Hall–Kier alpha value is -1.06. The summed E-state index contributed by atoms with van der Waals surface area (Å²) in [7, 11) is 0. The molecule has 0 spiro atoms. The maximum atomic E-state index is 9.63. The minimum absolute atomic E-state index is 0.184. The standard InChI is InChI=1S/C6H5Cl.C4H8O3/c7-6-4-2-1-3-5-6;1-2-7-3-4(5)6/h1-5H;2-3H2,1H3,(H,5,6). The van der Waals surface area contributed by atoms with Crippen molar-refractivity contribution in [3.8, 4) is 0 Å². The largest absolute Gasteiger partial charge is 0.480 e. The second-order valence-corrected chi connectivity index (χ2v) is 2.76. The van der Waals surface area contributed by atoms with Crippen LogP contribution < -0.4 is 0 Å². The number of hydrogen-bond donors (Lipinski definition) is 1. The second-order valence-electron chi connectivity index (χ2n) is 2.33. The highest BCUT2D eigenvalue weighted by Crippen LogP contribution is 2.03. The van der Waals surface area contributed by atoms with Gasteiger partial charge in [0.15, 0.2) is 0 Å². The molecule has 0 aliphatic heterocycles. The van der Waals surface area contributed by atoms with Gasteiger partial charge in [-0.15, -0.1) is 0 Å². The first-order valence-corrected chi connectivity index (χ1v) is 4.54. The Balaban J connectivity index is 0.000000241. The Labute approximate surface area is 88.3 Å². The van der Waals surface area contributed by atoms with E-state index in [2.05, 4.69) is 4.74 Å². The predicted octanol–water partition coefficient (Wildman–Crippen LogP) is 2.45. The lowest BCUT2D eigenvalue weighted by Crippen LogP contribution is -2.05. The molecule has 14 heavy (non-hydrogen) atoms. The summed E-state index contributed by atoms with van der Waals surface area (Å²) in [6.07, 6.45) is 0. The van der Waals surface area contributed by atoms with Crippen molar-refractivity contribution < 1.29 is 14.6 Å². The Morgan fingerprint density at radius 2 is 2.00 bits per heavy atom. The van der Waals surface area contributed by atoms with Gasteiger partial charge >= 0.3 is 5.97 Å². The van der Waals surface area contributed by atoms with Crippen molar-refractivity contribution in [2.45, 2.75) is 6.92 Å². The molecule has 0 saturated heterocycles. The van der Waals surface area contributed by atoms with E-state index >= 15 is 0 Å². The van der Waals surface area contributed by atoms with Crippen LogP contribution in [0.5, 0.6) is 0 Å². The first-order chi connectivity index (χ1) is 6.66. The van der Waals surface area contributed by atoms with Crippen LogP contribution in [0, 0.1) is 0 Å². The summed E-state index contributed by atoms with van der Waals surface area (Å²) in [4.78, 5) is 9.63. The Morgan fingerprint density at radius 1 is 1.43 bits per heavy atom. The summed E-state index contributed by atoms with van der Waals surface area (Å²) in [5.74, 6) is -0.915. The number of aliphatic carboxylic acids is 1. The number of carboxylic acids is 1. The molecule has 0 saturated carbocycles. The lowest BCUT2D eigenvalue weighted by atomic mass is 10.4. The monoisotopic (exact) mass is 216 g/mol. The maximum absolute atomic E-state index is 9.63. The van der Waals surface area contributed by atoms with E-state index in [0.29, 0.717) is 6.61 Å². The highest BCUT2D eigenvalue weighted by Gasteiger charge is 1.90. The van der Waals surface area contributed by atoms with E-state index in [9.17, 15) is 4.79 Å². The molecule has 1 rings (SSSR count). The van der Waals surface area contributed by atoms with E-state index < -0.39 is 5.97 Å². The SMILES string of the molecule is CCOCC(=O)O.Clc1ccccc1. The van der Waals surface area contributed by atoms with Gasteiger partial charge in [0.05, 0.1) is 0 Å². The molecule has 1 N–H and O–H groups in total. The van der Waals surface area contributed by atoms with Gasteiger partial charge in [-0.3, -0.25) is 0 Å². The van der Waals surface area contributed by atoms with Gasteiger partial charge in [-0.1, -0.05) is 29.8 Å². The van der Waals surface area contributed by atoms with Crippen molar-refractivity contribution in [1.82, 2.24) is 0 Å². The number of rotatable bonds is 3. The fourth-order valence-electron chi connectivity index (χ4n) is 0.604.